The highest BCUT2D eigenvalue weighted by Crippen LogP contribution is 2.28. The van der Waals surface area contributed by atoms with Crippen LogP contribution in [0.4, 0.5) is 17.2 Å². The second-order valence-electron chi connectivity index (χ2n) is 8.13. The molecule has 1 amide bonds. The highest BCUT2D eigenvalue weighted by molar-refractivity contribution is 7.93. The van der Waals surface area contributed by atoms with Gasteiger partial charge in [-0.3, -0.25) is 4.79 Å². The number of hydrogen-bond donors (Lipinski definition) is 3. The number of fused-ring (bicyclic) bond motifs is 1. The van der Waals surface area contributed by atoms with E-state index >= 15 is 0 Å². The van der Waals surface area contributed by atoms with E-state index < -0.39 is 5.41 Å². The minimum absolute atomic E-state index is 0.185. The number of nitrogens with zero attached hydrogens (tertiary/aromatic N) is 5. The van der Waals surface area contributed by atoms with Crippen LogP contribution in [0.1, 0.15) is 35.3 Å². The number of anilines is 3. The number of carbonyl (C=O) groups excluding carboxylic acids is 1. The normalized spacial score (nSPS) is 11.1. The fourth-order valence-corrected chi connectivity index (χ4v) is 3.48. The second kappa shape index (κ2) is 9.43. The Hall–Kier alpha value is -4.07. The molecule has 0 unspecified atom stereocenters. The highest BCUT2D eigenvalue weighted by atomic mass is 32.2. The zero-order valence-electron chi connectivity index (χ0n) is 18.7. The molecule has 9 nitrogen and oxygen atoms in total. The van der Waals surface area contributed by atoms with Crippen LogP contribution in [0, 0.1) is 18.3 Å². The number of aryl methyl sites for hydroxylation is 1. The summed E-state index contributed by atoms with van der Waals surface area (Å²) in [4.78, 5) is 29.6. The lowest BCUT2D eigenvalue weighted by molar-refractivity contribution is 0.102. The summed E-state index contributed by atoms with van der Waals surface area (Å²) in [7, 11) is 0. The Balaban J connectivity index is 1.60. The van der Waals surface area contributed by atoms with Crippen molar-refractivity contribution < 1.29 is 9.35 Å². The van der Waals surface area contributed by atoms with Gasteiger partial charge in [0.1, 0.15) is 17.4 Å². The van der Waals surface area contributed by atoms with E-state index in [9.17, 15) is 14.6 Å². The molecular weight excluding hydrogens is 450 g/mol. The first kappa shape index (κ1) is 23.1. The number of nitriles is 1. The summed E-state index contributed by atoms with van der Waals surface area (Å²) >= 11 is 0.442. The van der Waals surface area contributed by atoms with Crippen molar-refractivity contribution in [3.05, 3.63) is 71.7 Å². The van der Waals surface area contributed by atoms with Crippen molar-refractivity contribution in [2.75, 3.05) is 10.6 Å². The molecule has 0 spiro atoms. The van der Waals surface area contributed by atoms with Gasteiger partial charge in [-0.05, 0) is 56.2 Å². The molecule has 0 saturated heterocycles. The van der Waals surface area contributed by atoms with Gasteiger partial charge in [0.15, 0.2) is 5.82 Å². The van der Waals surface area contributed by atoms with Crippen LogP contribution in [0.3, 0.4) is 0 Å². The van der Waals surface area contributed by atoms with E-state index in [4.69, 9.17) is 0 Å². The van der Waals surface area contributed by atoms with Gasteiger partial charge in [-0.25, -0.2) is 19.9 Å². The van der Waals surface area contributed by atoms with Crippen molar-refractivity contribution in [3.63, 3.8) is 0 Å². The average Bonchev–Trinajstić information content (AvgIpc) is 2.86. The summed E-state index contributed by atoms with van der Waals surface area (Å²) in [5.41, 5.74) is 3.74. The monoisotopic (exact) mass is 471 g/mol. The maximum absolute atomic E-state index is 12.9. The van der Waals surface area contributed by atoms with Gasteiger partial charge in [-0.2, -0.15) is 5.26 Å². The number of rotatable bonds is 6. The van der Waals surface area contributed by atoms with Gasteiger partial charge in [0.25, 0.3) is 5.91 Å². The molecule has 34 heavy (non-hydrogen) atoms. The quantitative estimate of drug-likeness (QED) is 0.259. The molecule has 2 heterocycles. The van der Waals surface area contributed by atoms with Crippen molar-refractivity contribution in [1.82, 2.24) is 19.9 Å². The van der Waals surface area contributed by atoms with Gasteiger partial charge < -0.3 is 15.2 Å². The van der Waals surface area contributed by atoms with Gasteiger partial charge in [-0.1, -0.05) is 18.2 Å². The van der Waals surface area contributed by atoms with Crippen LogP contribution in [0.15, 0.2) is 60.1 Å². The number of aromatic nitrogens is 4. The van der Waals surface area contributed by atoms with Crippen LogP contribution < -0.4 is 10.6 Å². The summed E-state index contributed by atoms with van der Waals surface area (Å²) in [5.74, 6) is 0.163. The molecule has 0 radical (unpaired) electrons. The van der Waals surface area contributed by atoms with Crippen LogP contribution in [0.25, 0.3) is 11.0 Å². The average molecular weight is 472 g/mol. The molecule has 4 rings (SSSR count). The summed E-state index contributed by atoms with van der Waals surface area (Å²) in [6, 6.07) is 14.8. The van der Waals surface area contributed by atoms with Crippen molar-refractivity contribution in [3.8, 4) is 6.07 Å². The largest absolute Gasteiger partial charge is 0.338 e. The predicted molar refractivity (Wildman–Crippen MR) is 131 cm³/mol. The molecule has 2 aromatic heterocycles. The molecule has 4 aromatic rings. The Morgan fingerprint density at radius 3 is 2.74 bits per heavy atom. The van der Waals surface area contributed by atoms with E-state index in [1.165, 1.54) is 12.5 Å². The van der Waals surface area contributed by atoms with Crippen molar-refractivity contribution >= 4 is 46.2 Å². The van der Waals surface area contributed by atoms with Gasteiger partial charge >= 0.3 is 0 Å². The van der Waals surface area contributed by atoms with Crippen molar-refractivity contribution in [1.29, 1.82) is 5.26 Å². The summed E-state index contributed by atoms with van der Waals surface area (Å²) < 4.78 is 9.29. The van der Waals surface area contributed by atoms with Crippen LogP contribution in [0.5, 0.6) is 0 Å². The lowest BCUT2D eigenvalue weighted by atomic mass is 9.85. The maximum atomic E-state index is 12.9. The fraction of sp³-hybridized carbons (Fsp3) is 0.167. The van der Waals surface area contributed by atoms with Crippen molar-refractivity contribution in [2.24, 2.45) is 0 Å². The third-order valence-electron chi connectivity index (χ3n) is 5.31. The number of carbonyl (C=O) groups is 1. The molecule has 2 aromatic carbocycles. The smallest absolute Gasteiger partial charge is 0.255 e. The van der Waals surface area contributed by atoms with E-state index in [1.807, 2.05) is 39.0 Å². The first-order chi connectivity index (χ1) is 16.3. The Labute approximate surface area is 200 Å². The number of amides is 1. The molecule has 0 aliphatic heterocycles. The summed E-state index contributed by atoms with van der Waals surface area (Å²) in [6.07, 6.45) is 2.91. The SMILES string of the molecule is Cc1ccc(NC(=O)c2cccc(C(C)(C)C#N)c2)cc1Nc1ncnc2cnc(SO)nc12. The minimum Gasteiger partial charge on any atom is -0.338 e. The molecule has 170 valence electrons. The number of benzene rings is 2. The summed E-state index contributed by atoms with van der Waals surface area (Å²) in [6.45, 7) is 5.55. The first-order valence-corrected chi connectivity index (χ1v) is 11.1. The molecule has 0 aliphatic carbocycles. The first-order valence-electron chi connectivity index (χ1n) is 10.3. The van der Waals surface area contributed by atoms with Gasteiger partial charge in [0, 0.05) is 16.9 Å². The second-order valence-corrected chi connectivity index (χ2v) is 8.67. The minimum atomic E-state index is -0.699. The highest BCUT2D eigenvalue weighted by Gasteiger charge is 2.21. The zero-order chi connectivity index (χ0) is 24.3. The number of hydrogen-bond acceptors (Lipinski definition) is 9. The molecule has 0 aliphatic rings. The Morgan fingerprint density at radius 1 is 1.15 bits per heavy atom. The fourth-order valence-electron chi connectivity index (χ4n) is 3.25. The number of nitrogens with one attached hydrogen (secondary N) is 2. The molecule has 0 bridgehead atoms. The van der Waals surface area contributed by atoms with E-state index in [-0.39, 0.29) is 11.1 Å². The molecule has 10 heteroatoms. The van der Waals surface area contributed by atoms with E-state index in [0.717, 1.165) is 11.1 Å². The molecule has 0 saturated carbocycles. The van der Waals surface area contributed by atoms with E-state index in [0.29, 0.717) is 45.8 Å². The molecule has 3 N–H and O–H groups in total. The van der Waals surface area contributed by atoms with E-state index in [2.05, 4.69) is 36.6 Å². The Morgan fingerprint density at radius 2 is 1.97 bits per heavy atom. The van der Waals surface area contributed by atoms with Gasteiger partial charge in [0.2, 0.25) is 5.16 Å². The maximum Gasteiger partial charge on any atom is 0.255 e. The molecule has 0 atom stereocenters. The van der Waals surface area contributed by atoms with Gasteiger partial charge in [-0.15, -0.1) is 0 Å². The van der Waals surface area contributed by atoms with E-state index in [1.54, 1.807) is 24.3 Å². The third-order valence-corrected chi connectivity index (χ3v) is 5.67. The Bertz CT molecular complexity index is 1430. The van der Waals surface area contributed by atoms with Crippen LogP contribution in [-0.4, -0.2) is 30.4 Å². The van der Waals surface area contributed by atoms with Crippen LogP contribution >= 0.6 is 12.0 Å². The predicted octanol–water partition coefficient (Wildman–Crippen LogP) is 5.09. The summed E-state index contributed by atoms with van der Waals surface area (Å²) in [5, 5.41) is 15.7. The van der Waals surface area contributed by atoms with Crippen LogP contribution in [0.2, 0.25) is 0 Å². The molecule has 0 fully saturated rings. The third kappa shape index (κ3) is 4.80. The van der Waals surface area contributed by atoms with Crippen molar-refractivity contribution in [2.45, 2.75) is 31.3 Å². The van der Waals surface area contributed by atoms with Crippen LogP contribution in [-0.2, 0) is 5.41 Å². The lowest BCUT2D eigenvalue weighted by Gasteiger charge is -2.17. The molecular formula is C24H21N7O2S. The van der Waals surface area contributed by atoms with Gasteiger partial charge in [0.05, 0.1) is 29.7 Å². The Kier molecular flexibility index (Phi) is 6.40. The topological polar surface area (TPSA) is 137 Å². The lowest BCUT2D eigenvalue weighted by Crippen LogP contribution is -2.17. The standard InChI is InChI=1S/C24H21N7O2S/c1-14-7-8-17(29-22(32)15-5-4-6-16(9-15)24(2,3)12-25)10-18(14)30-21-20-19(27-13-28-21)11-26-23(31-20)34-33/h4-11,13,33H,1-3H3,(H,29,32)(H,27,28,30). The zero-order valence-corrected chi connectivity index (χ0v) is 19.5.